The van der Waals surface area contributed by atoms with E-state index in [1.807, 2.05) is 42.5 Å². The van der Waals surface area contributed by atoms with Gasteiger partial charge >= 0.3 is 0 Å². The number of aliphatic hydroxyl groups is 1. The highest BCUT2D eigenvalue weighted by Crippen LogP contribution is 2.47. The largest absolute Gasteiger partial charge is 0.380 e. The first-order chi connectivity index (χ1) is 10.7. The van der Waals surface area contributed by atoms with Crippen molar-refractivity contribution >= 4 is 0 Å². The Hall–Kier alpha value is -1.64. The van der Waals surface area contributed by atoms with Crippen molar-refractivity contribution in [2.75, 3.05) is 14.1 Å². The van der Waals surface area contributed by atoms with Gasteiger partial charge in [0.15, 0.2) is 0 Å². The van der Waals surface area contributed by atoms with Crippen molar-refractivity contribution < 1.29 is 5.11 Å². The Bertz CT molecular complexity index is 642. The SMILES string of the molecule is CC(c1ccccc1C(O)(c1ccccc1)C(C)(C)C)N(C)C. The van der Waals surface area contributed by atoms with Crippen molar-refractivity contribution in [1.29, 1.82) is 0 Å². The zero-order chi connectivity index (χ0) is 17.3. The molecule has 0 radical (unpaired) electrons. The molecule has 0 saturated heterocycles. The molecule has 2 aromatic rings. The predicted octanol–water partition coefficient (Wildman–Crippen LogP) is 4.59. The molecule has 0 spiro atoms. The second-order valence-electron chi connectivity index (χ2n) is 7.55. The zero-order valence-corrected chi connectivity index (χ0v) is 15.2. The van der Waals surface area contributed by atoms with Gasteiger partial charge in [0.1, 0.15) is 5.60 Å². The molecule has 0 bridgehead atoms. The molecule has 2 aromatic carbocycles. The number of nitrogens with zero attached hydrogens (tertiary/aromatic N) is 1. The molecule has 0 aliphatic heterocycles. The standard InChI is InChI=1S/C21H29NO/c1-16(22(5)6)18-14-10-11-15-19(18)21(23,20(2,3)4)17-12-8-7-9-13-17/h7-16,23H,1-6H3. The summed E-state index contributed by atoms with van der Waals surface area (Å²) in [6.45, 7) is 8.46. The molecule has 0 amide bonds. The minimum atomic E-state index is -1.05. The zero-order valence-electron chi connectivity index (χ0n) is 15.2. The lowest BCUT2D eigenvalue weighted by Gasteiger charge is -2.43. The van der Waals surface area contributed by atoms with E-state index in [0.29, 0.717) is 0 Å². The highest BCUT2D eigenvalue weighted by Gasteiger charge is 2.44. The van der Waals surface area contributed by atoms with Gasteiger partial charge in [-0.05, 0) is 43.1 Å². The first kappa shape index (κ1) is 17.7. The summed E-state index contributed by atoms with van der Waals surface area (Å²) in [5.74, 6) is 0. The van der Waals surface area contributed by atoms with Gasteiger partial charge in [0.05, 0.1) is 0 Å². The maximum Gasteiger partial charge on any atom is 0.120 e. The highest BCUT2D eigenvalue weighted by atomic mass is 16.3. The van der Waals surface area contributed by atoms with Crippen LogP contribution in [0.15, 0.2) is 54.6 Å². The maximum atomic E-state index is 11.9. The van der Waals surface area contributed by atoms with Gasteiger partial charge in [-0.25, -0.2) is 0 Å². The Labute approximate surface area is 140 Å². The fourth-order valence-corrected chi connectivity index (χ4v) is 3.14. The van der Waals surface area contributed by atoms with E-state index < -0.39 is 5.60 Å². The third-order valence-corrected chi connectivity index (χ3v) is 4.85. The summed E-state index contributed by atoms with van der Waals surface area (Å²) in [5, 5.41) is 11.9. The molecule has 2 rings (SSSR count). The topological polar surface area (TPSA) is 23.5 Å². The molecular weight excluding hydrogens is 282 g/mol. The van der Waals surface area contributed by atoms with Gasteiger partial charge in [0.2, 0.25) is 0 Å². The Kier molecular flexibility index (Phi) is 4.98. The molecule has 0 fully saturated rings. The summed E-state index contributed by atoms with van der Waals surface area (Å²) in [5.41, 5.74) is 1.70. The number of hydrogen-bond acceptors (Lipinski definition) is 2. The number of benzene rings is 2. The second kappa shape index (κ2) is 6.46. The molecule has 2 atom stereocenters. The van der Waals surface area contributed by atoms with Gasteiger partial charge in [-0.15, -0.1) is 0 Å². The molecule has 2 unspecified atom stereocenters. The lowest BCUT2D eigenvalue weighted by Crippen LogP contribution is -2.42. The summed E-state index contributed by atoms with van der Waals surface area (Å²) in [4.78, 5) is 2.17. The smallest absolute Gasteiger partial charge is 0.120 e. The number of rotatable bonds is 4. The average Bonchev–Trinajstić information content (AvgIpc) is 2.53. The van der Waals surface area contributed by atoms with Crippen LogP contribution in [0.5, 0.6) is 0 Å². The van der Waals surface area contributed by atoms with Crippen molar-refractivity contribution in [3.63, 3.8) is 0 Å². The molecule has 23 heavy (non-hydrogen) atoms. The first-order valence-electron chi connectivity index (χ1n) is 8.23. The lowest BCUT2D eigenvalue weighted by atomic mass is 9.66. The predicted molar refractivity (Wildman–Crippen MR) is 97.4 cm³/mol. The minimum absolute atomic E-state index is 0.226. The average molecular weight is 311 g/mol. The summed E-state index contributed by atoms with van der Waals surface area (Å²) >= 11 is 0. The third-order valence-electron chi connectivity index (χ3n) is 4.85. The first-order valence-corrected chi connectivity index (χ1v) is 8.23. The van der Waals surface area contributed by atoms with Crippen LogP contribution in [0.1, 0.15) is 50.4 Å². The molecule has 0 saturated carbocycles. The van der Waals surface area contributed by atoms with E-state index >= 15 is 0 Å². The van der Waals surface area contributed by atoms with Gasteiger partial charge in [-0.1, -0.05) is 75.4 Å². The van der Waals surface area contributed by atoms with Crippen molar-refractivity contribution in [2.45, 2.75) is 39.3 Å². The molecule has 124 valence electrons. The van der Waals surface area contributed by atoms with Gasteiger partial charge in [0.25, 0.3) is 0 Å². The van der Waals surface area contributed by atoms with Gasteiger partial charge in [0, 0.05) is 6.04 Å². The Balaban J connectivity index is 2.73. The monoisotopic (exact) mass is 311 g/mol. The fourth-order valence-electron chi connectivity index (χ4n) is 3.14. The third kappa shape index (κ3) is 3.19. The van der Waals surface area contributed by atoms with Crippen LogP contribution in [-0.2, 0) is 5.60 Å². The van der Waals surface area contributed by atoms with Crippen molar-refractivity contribution in [2.24, 2.45) is 5.41 Å². The van der Waals surface area contributed by atoms with E-state index in [9.17, 15) is 5.11 Å². The summed E-state index contributed by atoms with van der Waals surface area (Å²) < 4.78 is 0. The van der Waals surface area contributed by atoms with E-state index in [2.05, 4.69) is 58.8 Å². The van der Waals surface area contributed by atoms with E-state index in [-0.39, 0.29) is 11.5 Å². The quantitative estimate of drug-likeness (QED) is 0.892. The van der Waals surface area contributed by atoms with Crippen LogP contribution in [-0.4, -0.2) is 24.1 Å². The summed E-state index contributed by atoms with van der Waals surface area (Å²) in [6, 6.07) is 18.5. The molecule has 0 heterocycles. The normalized spacial score (nSPS) is 16.2. The minimum Gasteiger partial charge on any atom is -0.380 e. The number of hydrogen-bond donors (Lipinski definition) is 1. The molecule has 1 N–H and O–H groups in total. The van der Waals surface area contributed by atoms with Crippen LogP contribution in [0.3, 0.4) is 0 Å². The summed E-state index contributed by atoms with van der Waals surface area (Å²) in [7, 11) is 4.14. The van der Waals surface area contributed by atoms with Crippen LogP contribution >= 0.6 is 0 Å². The Morgan fingerprint density at radius 1 is 0.870 bits per heavy atom. The second-order valence-corrected chi connectivity index (χ2v) is 7.55. The molecular formula is C21H29NO. The molecule has 2 heteroatoms. The fraction of sp³-hybridized carbons (Fsp3) is 0.429. The molecule has 0 aliphatic carbocycles. The van der Waals surface area contributed by atoms with Crippen molar-refractivity contribution in [3.05, 3.63) is 71.3 Å². The van der Waals surface area contributed by atoms with Crippen LogP contribution in [0.25, 0.3) is 0 Å². The molecule has 0 aromatic heterocycles. The van der Waals surface area contributed by atoms with Crippen LogP contribution < -0.4 is 0 Å². The van der Waals surface area contributed by atoms with E-state index in [1.54, 1.807) is 0 Å². The van der Waals surface area contributed by atoms with E-state index in [1.165, 1.54) is 5.56 Å². The van der Waals surface area contributed by atoms with Gasteiger partial charge < -0.3 is 10.0 Å². The molecule has 0 aliphatic rings. The highest BCUT2D eigenvalue weighted by molar-refractivity contribution is 5.44. The van der Waals surface area contributed by atoms with E-state index in [0.717, 1.165) is 11.1 Å². The van der Waals surface area contributed by atoms with Crippen LogP contribution in [0, 0.1) is 5.41 Å². The lowest BCUT2D eigenvalue weighted by molar-refractivity contribution is -0.0273. The van der Waals surface area contributed by atoms with E-state index in [4.69, 9.17) is 0 Å². The van der Waals surface area contributed by atoms with Crippen molar-refractivity contribution in [3.8, 4) is 0 Å². The Morgan fingerprint density at radius 3 is 1.91 bits per heavy atom. The Morgan fingerprint density at radius 2 is 1.39 bits per heavy atom. The summed E-state index contributed by atoms with van der Waals surface area (Å²) in [6.07, 6.45) is 0. The van der Waals surface area contributed by atoms with Crippen LogP contribution in [0.4, 0.5) is 0 Å². The molecule has 2 nitrogen and oxygen atoms in total. The maximum absolute atomic E-state index is 11.9. The van der Waals surface area contributed by atoms with Gasteiger partial charge in [-0.2, -0.15) is 0 Å². The van der Waals surface area contributed by atoms with Gasteiger partial charge in [-0.3, -0.25) is 0 Å². The van der Waals surface area contributed by atoms with Crippen LogP contribution in [0.2, 0.25) is 0 Å². The van der Waals surface area contributed by atoms with Crippen molar-refractivity contribution in [1.82, 2.24) is 4.90 Å².